The highest BCUT2D eigenvalue weighted by Gasteiger charge is 2.27. The van der Waals surface area contributed by atoms with Crippen LogP contribution in [0, 0.1) is 11.3 Å². The molecule has 14 heavy (non-hydrogen) atoms. The monoisotopic (exact) mass is 203 g/mol. The van der Waals surface area contributed by atoms with Crippen LogP contribution in [0.2, 0.25) is 0 Å². The van der Waals surface area contributed by atoms with Crippen molar-refractivity contribution in [3.05, 3.63) is 0 Å². The van der Waals surface area contributed by atoms with E-state index in [2.05, 4.69) is 0 Å². The summed E-state index contributed by atoms with van der Waals surface area (Å²) in [5, 5.41) is 37.7. The van der Waals surface area contributed by atoms with Crippen LogP contribution in [0.5, 0.6) is 0 Å². The molecule has 0 bridgehead atoms. The lowest BCUT2D eigenvalue weighted by molar-refractivity contribution is 0.0928. The smallest absolute Gasteiger partial charge is 0.404 e. The summed E-state index contributed by atoms with van der Waals surface area (Å²) in [6.07, 6.45) is -2.82. The minimum absolute atomic E-state index is 0.570. The highest BCUT2D eigenvalue weighted by Crippen LogP contribution is 1.98. The first-order valence-electron chi connectivity index (χ1n) is 3.47. The summed E-state index contributed by atoms with van der Waals surface area (Å²) in [5.74, 6) is 0. The Kier molecular flexibility index (Phi) is 4.18. The van der Waals surface area contributed by atoms with Crippen LogP contribution in [0.4, 0.5) is 9.59 Å². The van der Waals surface area contributed by atoms with Gasteiger partial charge < -0.3 is 26.0 Å². The standard InChI is InChI=1S/C6H9N3O5/c7-1-6(14,2-8-4(10)11)3-9-5(12)13/h8-9,14H,2-3H2,(H,10,11)(H,12,13). The Morgan fingerprint density at radius 3 is 1.79 bits per heavy atom. The highest BCUT2D eigenvalue weighted by molar-refractivity contribution is 5.65. The zero-order valence-corrected chi connectivity index (χ0v) is 7.02. The molecule has 5 N–H and O–H groups in total. The summed E-state index contributed by atoms with van der Waals surface area (Å²) >= 11 is 0. The molecule has 0 unspecified atom stereocenters. The lowest BCUT2D eigenvalue weighted by Gasteiger charge is -2.19. The predicted molar refractivity (Wildman–Crippen MR) is 42.6 cm³/mol. The van der Waals surface area contributed by atoms with Crippen molar-refractivity contribution in [2.45, 2.75) is 5.60 Å². The Hall–Kier alpha value is -2.01. The number of carboxylic acid groups (broad SMARTS) is 2. The minimum Gasteiger partial charge on any atom is -0.465 e. The predicted octanol–water partition coefficient (Wildman–Crippen LogP) is -1.22. The molecule has 0 fully saturated rings. The SMILES string of the molecule is N#CC(O)(CNC(=O)O)CNC(=O)O. The van der Waals surface area contributed by atoms with E-state index in [4.69, 9.17) is 15.5 Å². The molecule has 0 spiro atoms. The number of nitrogens with zero attached hydrogens (tertiary/aromatic N) is 1. The summed E-state index contributed by atoms with van der Waals surface area (Å²) in [6.45, 7) is -1.14. The molecule has 0 saturated heterocycles. The van der Waals surface area contributed by atoms with Gasteiger partial charge in [-0.1, -0.05) is 0 Å². The van der Waals surface area contributed by atoms with Crippen LogP contribution in [-0.2, 0) is 0 Å². The van der Waals surface area contributed by atoms with E-state index >= 15 is 0 Å². The topological polar surface area (TPSA) is 143 Å². The van der Waals surface area contributed by atoms with Crippen LogP contribution >= 0.6 is 0 Å². The second kappa shape index (κ2) is 4.88. The molecule has 0 aromatic heterocycles. The van der Waals surface area contributed by atoms with Crippen LogP contribution < -0.4 is 10.6 Å². The minimum atomic E-state index is -2.07. The van der Waals surface area contributed by atoms with Crippen LogP contribution in [0.25, 0.3) is 0 Å². The van der Waals surface area contributed by atoms with E-state index in [1.807, 2.05) is 0 Å². The first kappa shape index (κ1) is 12.0. The fourth-order valence-corrected chi connectivity index (χ4v) is 0.585. The Balaban J connectivity index is 4.12. The summed E-state index contributed by atoms with van der Waals surface area (Å²) in [6, 6.07) is 1.39. The molecular formula is C6H9N3O5. The average Bonchev–Trinajstić information content (AvgIpc) is 2.11. The van der Waals surface area contributed by atoms with E-state index in [0.717, 1.165) is 0 Å². The lowest BCUT2D eigenvalue weighted by atomic mass is 10.1. The third kappa shape index (κ3) is 4.78. The maximum Gasteiger partial charge on any atom is 0.404 e. The van der Waals surface area contributed by atoms with Gasteiger partial charge in [0, 0.05) is 0 Å². The molecule has 8 heteroatoms. The fourth-order valence-electron chi connectivity index (χ4n) is 0.585. The van der Waals surface area contributed by atoms with Crippen molar-refractivity contribution < 1.29 is 24.9 Å². The number of hydrogen-bond donors (Lipinski definition) is 5. The molecule has 0 aliphatic carbocycles. The second-order valence-corrected chi connectivity index (χ2v) is 2.46. The molecule has 0 aliphatic heterocycles. The van der Waals surface area contributed by atoms with E-state index in [1.165, 1.54) is 6.07 Å². The quantitative estimate of drug-likeness (QED) is 0.362. The van der Waals surface area contributed by atoms with Gasteiger partial charge in [0.25, 0.3) is 0 Å². The van der Waals surface area contributed by atoms with Crippen LogP contribution in [-0.4, -0.2) is 46.2 Å². The van der Waals surface area contributed by atoms with Crippen molar-refractivity contribution in [2.24, 2.45) is 0 Å². The summed E-state index contributed by atoms with van der Waals surface area (Å²) < 4.78 is 0. The average molecular weight is 203 g/mol. The largest absolute Gasteiger partial charge is 0.465 e. The second-order valence-electron chi connectivity index (χ2n) is 2.46. The third-order valence-corrected chi connectivity index (χ3v) is 1.27. The molecule has 0 saturated carbocycles. The fraction of sp³-hybridized carbons (Fsp3) is 0.500. The summed E-state index contributed by atoms with van der Waals surface area (Å²) in [5.41, 5.74) is -2.07. The molecule has 2 amide bonds. The van der Waals surface area contributed by atoms with E-state index in [-0.39, 0.29) is 0 Å². The van der Waals surface area contributed by atoms with Crippen molar-refractivity contribution in [1.29, 1.82) is 5.26 Å². The number of aliphatic hydroxyl groups is 1. The van der Waals surface area contributed by atoms with Crippen LogP contribution in [0.3, 0.4) is 0 Å². The van der Waals surface area contributed by atoms with Gasteiger partial charge in [0.1, 0.15) is 6.07 Å². The number of hydrogen-bond acceptors (Lipinski definition) is 4. The van der Waals surface area contributed by atoms with Gasteiger partial charge >= 0.3 is 12.2 Å². The van der Waals surface area contributed by atoms with Gasteiger partial charge in [-0.25, -0.2) is 9.59 Å². The van der Waals surface area contributed by atoms with E-state index in [9.17, 15) is 14.7 Å². The van der Waals surface area contributed by atoms with Gasteiger partial charge in [-0.15, -0.1) is 0 Å². The van der Waals surface area contributed by atoms with Crippen molar-refractivity contribution >= 4 is 12.2 Å². The normalized spacial score (nSPS) is 10.0. The number of nitrogens with one attached hydrogen (secondary N) is 2. The van der Waals surface area contributed by atoms with Crippen molar-refractivity contribution in [1.82, 2.24) is 10.6 Å². The summed E-state index contributed by atoms with van der Waals surface area (Å²) in [7, 11) is 0. The molecule has 0 aromatic carbocycles. The number of nitriles is 1. The van der Waals surface area contributed by atoms with Gasteiger partial charge in [0.05, 0.1) is 13.1 Å². The number of carbonyl (C=O) groups is 2. The van der Waals surface area contributed by atoms with Crippen molar-refractivity contribution in [2.75, 3.05) is 13.1 Å². The maximum absolute atomic E-state index is 10.0. The van der Waals surface area contributed by atoms with E-state index < -0.39 is 30.9 Å². The zero-order valence-electron chi connectivity index (χ0n) is 7.02. The molecule has 78 valence electrons. The number of amides is 2. The van der Waals surface area contributed by atoms with Gasteiger partial charge in [-0.3, -0.25) is 0 Å². The van der Waals surface area contributed by atoms with Gasteiger partial charge in [0.2, 0.25) is 0 Å². The molecule has 0 radical (unpaired) electrons. The maximum atomic E-state index is 10.0. The third-order valence-electron chi connectivity index (χ3n) is 1.27. The Labute approximate surface area is 78.8 Å². The molecule has 0 heterocycles. The first-order valence-corrected chi connectivity index (χ1v) is 3.47. The van der Waals surface area contributed by atoms with Gasteiger partial charge in [-0.2, -0.15) is 5.26 Å². The van der Waals surface area contributed by atoms with Crippen molar-refractivity contribution in [3.63, 3.8) is 0 Å². The Bertz CT molecular complexity index is 253. The molecule has 0 aromatic rings. The van der Waals surface area contributed by atoms with Crippen LogP contribution in [0.1, 0.15) is 0 Å². The van der Waals surface area contributed by atoms with E-state index in [0.29, 0.717) is 0 Å². The van der Waals surface area contributed by atoms with Crippen LogP contribution in [0.15, 0.2) is 0 Å². The van der Waals surface area contributed by atoms with Gasteiger partial charge in [-0.05, 0) is 0 Å². The molecule has 8 nitrogen and oxygen atoms in total. The summed E-state index contributed by atoms with van der Waals surface area (Å²) in [4.78, 5) is 20.1. The van der Waals surface area contributed by atoms with E-state index in [1.54, 1.807) is 10.6 Å². The molecule has 0 rings (SSSR count). The molecule has 0 aliphatic rings. The van der Waals surface area contributed by atoms with Crippen molar-refractivity contribution in [3.8, 4) is 6.07 Å². The Morgan fingerprint density at radius 1 is 1.21 bits per heavy atom. The van der Waals surface area contributed by atoms with Gasteiger partial charge in [0.15, 0.2) is 5.60 Å². The molecule has 0 atom stereocenters. The molecular weight excluding hydrogens is 194 g/mol. The first-order chi connectivity index (χ1) is 6.39. The zero-order chi connectivity index (χ0) is 11.2. The highest BCUT2D eigenvalue weighted by atomic mass is 16.4. The lowest BCUT2D eigenvalue weighted by Crippen LogP contribution is -2.49. The number of rotatable bonds is 4. The Morgan fingerprint density at radius 2 is 1.57 bits per heavy atom.